The molecule has 0 N–H and O–H groups in total. The lowest BCUT2D eigenvalue weighted by molar-refractivity contribution is -0.697. The number of imidazole rings is 1. The van der Waals surface area contributed by atoms with Crippen LogP contribution in [0.4, 0.5) is 0 Å². The molecule has 1 aromatic heterocycles. The van der Waals surface area contributed by atoms with Crippen molar-refractivity contribution in [2.75, 3.05) is 0 Å². The van der Waals surface area contributed by atoms with Gasteiger partial charge in [-0.1, -0.05) is 171 Å². The minimum absolute atomic E-state index is 0.0119. The quantitative estimate of drug-likeness (QED) is 0.0747. The van der Waals surface area contributed by atoms with E-state index in [1.54, 1.807) is 0 Å². The summed E-state index contributed by atoms with van der Waals surface area (Å²) in [5.74, 6) is 0. The van der Waals surface area contributed by atoms with Gasteiger partial charge in [-0.05, 0) is 43.2 Å². The molecule has 2 nitrogen and oxygen atoms in total. The molecule has 0 fully saturated rings. The Morgan fingerprint density at radius 2 is 1.12 bits per heavy atom. The van der Waals surface area contributed by atoms with Crippen molar-refractivity contribution in [3.8, 4) is 0 Å². The van der Waals surface area contributed by atoms with Gasteiger partial charge in [0.05, 0.1) is 6.54 Å². The summed E-state index contributed by atoms with van der Waals surface area (Å²) in [4.78, 5) is 0. The molecule has 2 aromatic carbocycles. The van der Waals surface area contributed by atoms with E-state index in [1.165, 1.54) is 127 Å². The summed E-state index contributed by atoms with van der Waals surface area (Å²) in [5, 5.41) is 0. The normalized spacial score (nSPS) is 13.7. The Hall–Kier alpha value is -2.35. The molecular weight excluding hydrogens is 508 g/mol. The predicted molar refractivity (Wildman–Crippen MR) is 182 cm³/mol. The zero-order chi connectivity index (χ0) is 29.7. The Labute approximate surface area is 260 Å². The first-order valence-corrected chi connectivity index (χ1v) is 17.8. The van der Waals surface area contributed by atoms with Gasteiger partial charge < -0.3 is 0 Å². The Balaban J connectivity index is 1.68. The third-order valence-electron chi connectivity index (χ3n) is 9.51. The van der Waals surface area contributed by atoms with Crippen molar-refractivity contribution in [1.82, 2.24) is 4.57 Å². The lowest BCUT2D eigenvalue weighted by Crippen LogP contribution is -2.38. The molecule has 3 rings (SSSR count). The van der Waals surface area contributed by atoms with E-state index in [0.29, 0.717) is 6.04 Å². The van der Waals surface area contributed by atoms with Crippen LogP contribution < -0.4 is 4.57 Å². The van der Waals surface area contributed by atoms with Crippen LogP contribution in [0.2, 0.25) is 0 Å². The maximum atomic E-state index is 2.57. The van der Waals surface area contributed by atoms with Gasteiger partial charge in [0.25, 0.3) is 0 Å². The molecule has 0 radical (unpaired) electrons. The zero-order valence-corrected chi connectivity index (χ0v) is 27.6. The number of rotatable bonds is 24. The largest absolute Gasteiger partial charge is 0.244 e. The summed E-state index contributed by atoms with van der Waals surface area (Å²) < 4.78 is 5.02. The minimum atomic E-state index is 0.0119. The maximum absolute atomic E-state index is 2.57. The van der Waals surface area contributed by atoms with Gasteiger partial charge in [0, 0.05) is 5.41 Å². The fourth-order valence-electron chi connectivity index (χ4n) is 6.85. The topological polar surface area (TPSA) is 8.81 Å². The van der Waals surface area contributed by atoms with Crippen molar-refractivity contribution in [2.24, 2.45) is 0 Å². The van der Waals surface area contributed by atoms with Gasteiger partial charge in [-0.3, -0.25) is 0 Å². The SMILES string of the molecule is CCCCCCCCCCCCC(n1cc[n+](CCCCCCCCC)c1)C(C)(Cc1ccccc1)c1ccccc1. The van der Waals surface area contributed by atoms with E-state index < -0.39 is 0 Å². The van der Waals surface area contributed by atoms with Crippen molar-refractivity contribution >= 4 is 0 Å². The van der Waals surface area contributed by atoms with Crippen LogP contribution in [0.15, 0.2) is 79.4 Å². The first-order chi connectivity index (χ1) is 20.7. The number of hydrogen-bond acceptors (Lipinski definition) is 0. The van der Waals surface area contributed by atoms with Crippen LogP contribution in [-0.2, 0) is 18.4 Å². The average molecular weight is 572 g/mol. The van der Waals surface area contributed by atoms with Crippen LogP contribution in [0.3, 0.4) is 0 Å². The highest BCUT2D eigenvalue weighted by molar-refractivity contribution is 5.30. The number of benzene rings is 2. The van der Waals surface area contributed by atoms with Crippen molar-refractivity contribution in [3.05, 3.63) is 90.5 Å². The first-order valence-electron chi connectivity index (χ1n) is 17.8. The van der Waals surface area contributed by atoms with Gasteiger partial charge in [0.1, 0.15) is 18.4 Å². The van der Waals surface area contributed by atoms with Gasteiger partial charge in [-0.25, -0.2) is 9.13 Å². The second-order valence-electron chi connectivity index (χ2n) is 13.2. The smallest absolute Gasteiger partial charge is 0.237 e. The van der Waals surface area contributed by atoms with E-state index in [2.05, 4.69) is 109 Å². The Bertz CT molecular complexity index is 1040. The second kappa shape index (κ2) is 20.5. The molecule has 232 valence electrons. The average Bonchev–Trinajstić information content (AvgIpc) is 3.48. The number of aromatic nitrogens is 2. The van der Waals surface area contributed by atoms with Crippen LogP contribution in [0.1, 0.15) is 154 Å². The van der Waals surface area contributed by atoms with E-state index in [9.17, 15) is 0 Å². The van der Waals surface area contributed by atoms with Crippen LogP contribution in [-0.4, -0.2) is 4.57 Å². The molecule has 1 heterocycles. The van der Waals surface area contributed by atoms with Gasteiger partial charge in [0.2, 0.25) is 6.33 Å². The summed E-state index contributed by atoms with van der Waals surface area (Å²) in [7, 11) is 0. The molecule has 0 saturated heterocycles. The highest BCUT2D eigenvalue weighted by atomic mass is 15.1. The Morgan fingerprint density at radius 1 is 0.619 bits per heavy atom. The third-order valence-corrected chi connectivity index (χ3v) is 9.51. The number of nitrogens with zero attached hydrogens (tertiary/aromatic N) is 2. The van der Waals surface area contributed by atoms with Gasteiger partial charge in [-0.15, -0.1) is 0 Å². The van der Waals surface area contributed by atoms with Crippen molar-refractivity contribution in [2.45, 2.75) is 161 Å². The molecule has 3 aromatic rings. The monoisotopic (exact) mass is 571 g/mol. The molecule has 0 aliphatic carbocycles. The molecule has 0 aliphatic heterocycles. The summed E-state index contributed by atoms with van der Waals surface area (Å²) in [6, 6.07) is 22.9. The number of aryl methyl sites for hydroxylation is 1. The standard InChI is InChI=1S/C40H63N2/c1-4-6-8-10-12-13-14-15-17-25-31-39(42-34-33-41(36-42)32-26-18-16-11-9-7-5-2)40(3,38-29-23-20-24-30-38)35-37-27-21-19-22-28-37/h19-24,27-30,33-34,36,39H,4-18,25-26,31-32,35H2,1-3H3/q+1. The summed E-state index contributed by atoms with van der Waals surface area (Å²) in [6.45, 7) is 8.26. The highest BCUT2D eigenvalue weighted by Gasteiger charge is 2.40. The van der Waals surface area contributed by atoms with Crippen molar-refractivity contribution in [1.29, 1.82) is 0 Å². The third kappa shape index (κ3) is 12.1. The maximum Gasteiger partial charge on any atom is 0.244 e. The lowest BCUT2D eigenvalue weighted by Gasteiger charge is -2.37. The summed E-state index contributed by atoms with van der Waals surface area (Å²) in [6.07, 6.45) is 32.8. The summed E-state index contributed by atoms with van der Waals surface area (Å²) >= 11 is 0. The molecule has 2 heteroatoms. The Kier molecular flexibility index (Phi) is 16.7. The molecule has 0 aliphatic rings. The van der Waals surface area contributed by atoms with Crippen LogP contribution in [0, 0.1) is 0 Å². The highest BCUT2D eigenvalue weighted by Crippen LogP contribution is 2.41. The van der Waals surface area contributed by atoms with Gasteiger partial charge >= 0.3 is 0 Å². The zero-order valence-electron chi connectivity index (χ0n) is 27.6. The molecule has 42 heavy (non-hydrogen) atoms. The molecule has 2 atom stereocenters. The van der Waals surface area contributed by atoms with E-state index >= 15 is 0 Å². The fourth-order valence-corrected chi connectivity index (χ4v) is 6.85. The van der Waals surface area contributed by atoms with Gasteiger partial charge in [-0.2, -0.15) is 0 Å². The molecule has 0 saturated carbocycles. The molecular formula is C40H63N2+. The molecule has 0 spiro atoms. The first kappa shape index (κ1) is 34.1. The van der Waals surface area contributed by atoms with Crippen LogP contribution in [0.25, 0.3) is 0 Å². The number of unbranched alkanes of at least 4 members (excludes halogenated alkanes) is 15. The Morgan fingerprint density at radius 3 is 1.69 bits per heavy atom. The molecule has 0 bridgehead atoms. The minimum Gasteiger partial charge on any atom is -0.237 e. The molecule has 0 amide bonds. The van der Waals surface area contributed by atoms with Crippen molar-refractivity contribution < 1.29 is 4.57 Å². The van der Waals surface area contributed by atoms with E-state index in [1.807, 2.05) is 0 Å². The fraction of sp³-hybridized carbons (Fsp3) is 0.625. The van der Waals surface area contributed by atoms with Crippen LogP contribution in [0.5, 0.6) is 0 Å². The van der Waals surface area contributed by atoms with Gasteiger partial charge in [0.15, 0.2) is 0 Å². The second-order valence-corrected chi connectivity index (χ2v) is 13.2. The van der Waals surface area contributed by atoms with E-state index in [-0.39, 0.29) is 5.41 Å². The van der Waals surface area contributed by atoms with E-state index in [4.69, 9.17) is 0 Å². The van der Waals surface area contributed by atoms with E-state index in [0.717, 1.165) is 13.0 Å². The lowest BCUT2D eigenvalue weighted by atomic mass is 9.70. The molecule has 2 unspecified atom stereocenters. The van der Waals surface area contributed by atoms with Crippen molar-refractivity contribution in [3.63, 3.8) is 0 Å². The van der Waals surface area contributed by atoms with Crippen LogP contribution >= 0.6 is 0 Å². The predicted octanol–water partition coefficient (Wildman–Crippen LogP) is 11.6. The summed E-state index contributed by atoms with van der Waals surface area (Å²) in [5.41, 5.74) is 2.90. The number of hydrogen-bond donors (Lipinski definition) is 0.